The highest BCUT2D eigenvalue weighted by molar-refractivity contribution is 5.94. The van der Waals surface area contributed by atoms with E-state index in [0.717, 1.165) is 44.4 Å². The first-order chi connectivity index (χ1) is 16.5. The van der Waals surface area contributed by atoms with Crippen LogP contribution in [-0.2, 0) is 4.79 Å². The van der Waals surface area contributed by atoms with Crippen LogP contribution >= 0.6 is 0 Å². The maximum absolute atomic E-state index is 12.0. The first kappa shape index (κ1) is 21.3. The van der Waals surface area contributed by atoms with Crippen LogP contribution in [0.5, 0.6) is 0 Å². The Balaban J connectivity index is 1.51. The van der Waals surface area contributed by atoms with Crippen molar-refractivity contribution in [3.8, 4) is 11.4 Å². The number of fused-ring (bicyclic) bond motifs is 2. The van der Waals surface area contributed by atoms with Crippen molar-refractivity contribution in [1.82, 2.24) is 25.5 Å². The van der Waals surface area contributed by atoms with E-state index in [1.54, 1.807) is 18.3 Å². The second-order valence-corrected chi connectivity index (χ2v) is 8.33. The van der Waals surface area contributed by atoms with Crippen LogP contribution in [0.15, 0.2) is 79.0 Å². The van der Waals surface area contributed by atoms with E-state index >= 15 is 0 Å². The summed E-state index contributed by atoms with van der Waals surface area (Å²) in [6.45, 7) is 3.87. The van der Waals surface area contributed by atoms with Crippen molar-refractivity contribution in [1.29, 1.82) is 0 Å². The lowest BCUT2D eigenvalue weighted by Gasteiger charge is -2.11. The number of aromatic amines is 1. The molecule has 5 aromatic rings. The quantitative estimate of drug-likeness (QED) is 0.300. The van der Waals surface area contributed by atoms with E-state index in [4.69, 9.17) is 9.97 Å². The largest absolute Gasteiger partial charge is 0.350 e. The number of hydrogen-bond acceptors (Lipinski definition) is 5. The number of nitrogens with one attached hydrogen (secondary N) is 3. The van der Waals surface area contributed by atoms with E-state index in [1.807, 2.05) is 80.6 Å². The summed E-state index contributed by atoms with van der Waals surface area (Å²) in [7, 11) is 0. The molecule has 0 aliphatic heterocycles. The van der Waals surface area contributed by atoms with Crippen molar-refractivity contribution >= 4 is 45.3 Å². The molecule has 7 nitrogen and oxygen atoms in total. The van der Waals surface area contributed by atoms with Crippen LogP contribution in [-0.4, -0.2) is 32.1 Å². The standard InChI is InChI=1S/C27H24N6O/c1-17(2)29-25(34)13-10-18-6-5-7-19(14-18)26-31-24-9-4-3-8-22(24)27(32-26)30-21-11-12-23-20(15-21)16-28-33-23/h3-17H,1-2H3,(H,28,33)(H,29,34)(H,30,31,32)/b13-10+. The molecule has 34 heavy (non-hydrogen) atoms. The first-order valence-corrected chi connectivity index (χ1v) is 11.1. The summed E-state index contributed by atoms with van der Waals surface area (Å²) in [5.74, 6) is 1.21. The predicted octanol–water partition coefficient (Wildman–Crippen LogP) is 5.45. The summed E-state index contributed by atoms with van der Waals surface area (Å²) >= 11 is 0. The van der Waals surface area contributed by atoms with Gasteiger partial charge in [-0.1, -0.05) is 30.3 Å². The number of anilines is 2. The highest BCUT2D eigenvalue weighted by Gasteiger charge is 2.11. The lowest BCUT2D eigenvalue weighted by atomic mass is 10.1. The highest BCUT2D eigenvalue weighted by atomic mass is 16.1. The summed E-state index contributed by atoms with van der Waals surface area (Å²) in [6.07, 6.45) is 5.13. The number of amides is 1. The van der Waals surface area contributed by atoms with Gasteiger partial charge in [-0.2, -0.15) is 5.10 Å². The molecular formula is C27H24N6O. The molecule has 0 fully saturated rings. The van der Waals surface area contributed by atoms with Crippen molar-refractivity contribution in [2.45, 2.75) is 19.9 Å². The van der Waals surface area contributed by atoms with Crippen LogP contribution in [0.3, 0.4) is 0 Å². The highest BCUT2D eigenvalue weighted by Crippen LogP contribution is 2.28. The molecule has 0 atom stereocenters. The number of aromatic nitrogens is 4. The van der Waals surface area contributed by atoms with Gasteiger partial charge < -0.3 is 10.6 Å². The van der Waals surface area contributed by atoms with Crippen LogP contribution in [0.1, 0.15) is 19.4 Å². The Bertz CT molecular complexity index is 1520. The molecule has 7 heteroatoms. The minimum atomic E-state index is -0.122. The summed E-state index contributed by atoms with van der Waals surface area (Å²) in [5, 5.41) is 15.3. The average molecular weight is 449 g/mol. The van der Waals surface area contributed by atoms with Gasteiger partial charge in [0, 0.05) is 34.1 Å². The van der Waals surface area contributed by atoms with Gasteiger partial charge in [0.25, 0.3) is 0 Å². The summed E-state index contributed by atoms with van der Waals surface area (Å²) in [6, 6.07) is 21.9. The van der Waals surface area contributed by atoms with Gasteiger partial charge in [0.15, 0.2) is 5.82 Å². The third-order valence-corrected chi connectivity index (χ3v) is 5.31. The normalized spacial score (nSPS) is 11.5. The van der Waals surface area contributed by atoms with E-state index in [-0.39, 0.29) is 11.9 Å². The van der Waals surface area contributed by atoms with E-state index in [0.29, 0.717) is 5.82 Å². The molecule has 0 saturated heterocycles. The monoisotopic (exact) mass is 448 g/mol. The number of carbonyl (C=O) groups is 1. The number of benzene rings is 3. The van der Waals surface area contributed by atoms with Crippen LogP contribution < -0.4 is 10.6 Å². The third kappa shape index (κ3) is 4.63. The smallest absolute Gasteiger partial charge is 0.244 e. The second kappa shape index (κ2) is 9.15. The van der Waals surface area contributed by atoms with Crippen molar-refractivity contribution in [2.75, 3.05) is 5.32 Å². The van der Waals surface area contributed by atoms with Gasteiger partial charge in [0.05, 0.1) is 17.2 Å². The van der Waals surface area contributed by atoms with Crippen LogP contribution in [0, 0.1) is 0 Å². The average Bonchev–Trinajstić information content (AvgIpc) is 3.30. The molecule has 2 aromatic heterocycles. The van der Waals surface area contributed by atoms with Crippen LogP contribution in [0.4, 0.5) is 11.5 Å². The van der Waals surface area contributed by atoms with Gasteiger partial charge in [-0.05, 0) is 61.9 Å². The Morgan fingerprint density at radius 2 is 1.88 bits per heavy atom. The number of hydrogen-bond donors (Lipinski definition) is 3. The molecule has 0 radical (unpaired) electrons. The maximum atomic E-state index is 12.0. The van der Waals surface area contributed by atoms with Gasteiger partial charge in [-0.3, -0.25) is 9.89 Å². The number of H-pyrrole nitrogens is 1. The summed E-state index contributed by atoms with van der Waals surface area (Å²) in [5.41, 5.74) is 4.50. The van der Waals surface area contributed by atoms with Gasteiger partial charge in [-0.15, -0.1) is 0 Å². The molecule has 1 amide bonds. The van der Waals surface area contributed by atoms with Gasteiger partial charge in [0.1, 0.15) is 5.82 Å². The van der Waals surface area contributed by atoms with E-state index in [1.165, 1.54) is 0 Å². The van der Waals surface area contributed by atoms with Crippen molar-refractivity contribution < 1.29 is 4.79 Å². The number of rotatable bonds is 6. The molecule has 2 heterocycles. The van der Waals surface area contributed by atoms with Gasteiger partial charge >= 0.3 is 0 Å². The first-order valence-electron chi connectivity index (χ1n) is 11.1. The number of para-hydroxylation sites is 1. The Morgan fingerprint density at radius 1 is 1.00 bits per heavy atom. The van der Waals surface area contributed by atoms with E-state index in [9.17, 15) is 4.79 Å². The molecule has 3 N–H and O–H groups in total. The predicted molar refractivity (Wildman–Crippen MR) is 137 cm³/mol. The van der Waals surface area contributed by atoms with Crippen LogP contribution in [0.25, 0.3) is 39.3 Å². The van der Waals surface area contributed by atoms with Crippen molar-refractivity contribution in [3.63, 3.8) is 0 Å². The minimum absolute atomic E-state index is 0.0922. The number of nitrogens with zero attached hydrogens (tertiary/aromatic N) is 3. The zero-order valence-corrected chi connectivity index (χ0v) is 18.9. The molecule has 0 spiro atoms. The Hall–Kier alpha value is -4.52. The minimum Gasteiger partial charge on any atom is -0.350 e. The molecule has 0 bridgehead atoms. The van der Waals surface area contributed by atoms with Crippen molar-refractivity contribution in [3.05, 3.63) is 84.6 Å². The van der Waals surface area contributed by atoms with Crippen molar-refractivity contribution in [2.24, 2.45) is 0 Å². The fraction of sp³-hybridized carbons (Fsp3) is 0.111. The summed E-state index contributed by atoms with van der Waals surface area (Å²) < 4.78 is 0. The SMILES string of the molecule is CC(C)NC(=O)/C=C/c1cccc(-c2nc(Nc3ccc4[nH]ncc4c3)c3ccccc3n2)c1. The molecule has 0 saturated carbocycles. The number of carbonyl (C=O) groups excluding carboxylic acids is 1. The molecule has 0 unspecified atom stereocenters. The summed E-state index contributed by atoms with van der Waals surface area (Å²) in [4.78, 5) is 21.6. The molecule has 0 aliphatic rings. The maximum Gasteiger partial charge on any atom is 0.244 e. The lowest BCUT2D eigenvalue weighted by Crippen LogP contribution is -2.28. The molecule has 168 valence electrons. The van der Waals surface area contributed by atoms with Gasteiger partial charge in [0.2, 0.25) is 5.91 Å². The van der Waals surface area contributed by atoms with E-state index in [2.05, 4.69) is 20.8 Å². The Labute approximate surface area is 197 Å². The topological polar surface area (TPSA) is 95.6 Å². The van der Waals surface area contributed by atoms with Gasteiger partial charge in [-0.25, -0.2) is 9.97 Å². The molecular weight excluding hydrogens is 424 g/mol. The molecule has 3 aromatic carbocycles. The zero-order chi connectivity index (χ0) is 23.5. The molecule has 5 rings (SSSR count). The molecule has 0 aliphatic carbocycles. The zero-order valence-electron chi connectivity index (χ0n) is 18.9. The van der Waals surface area contributed by atoms with Crippen LogP contribution in [0.2, 0.25) is 0 Å². The third-order valence-electron chi connectivity index (χ3n) is 5.31. The fourth-order valence-electron chi connectivity index (χ4n) is 3.74. The lowest BCUT2D eigenvalue weighted by molar-refractivity contribution is -0.116. The fourth-order valence-corrected chi connectivity index (χ4v) is 3.74. The van der Waals surface area contributed by atoms with E-state index < -0.39 is 0 Å². The Morgan fingerprint density at radius 3 is 2.76 bits per heavy atom. The Kier molecular flexibility index (Phi) is 5.74. The second-order valence-electron chi connectivity index (χ2n) is 8.33.